The molecule has 0 saturated carbocycles. The molecular formula is C12H17Cl2N3OS. The molecule has 0 aliphatic heterocycles. The molecule has 0 fully saturated rings. The van der Waals surface area contributed by atoms with Gasteiger partial charge in [-0.05, 0) is 11.6 Å². The molecule has 1 aromatic carbocycles. The Morgan fingerprint density at radius 2 is 2.16 bits per heavy atom. The first-order chi connectivity index (χ1) is 9.04. The van der Waals surface area contributed by atoms with E-state index in [-0.39, 0.29) is 18.5 Å². The molecule has 19 heavy (non-hydrogen) atoms. The second kappa shape index (κ2) is 8.66. The lowest BCUT2D eigenvalue weighted by Crippen LogP contribution is -2.40. The first-order valence-corrected chi connectivity index (χ1v) is 7.20. The van der Waals surface area contributed by atoms with E-state index in [1.54, 1.807) is 12.1 Å². The Labute approximate surface area is 128 Å². The summed E-state index contributed by atoms with van der Waals surface area (Å²) in [5, 5.41) is 6.65. The van der Waals surface area contributed by atoms with Gasteiger partial charge in [-0.3, -0.25) is 4.79 Å². The molecule has 4 nitrogen and oxygen atoms in total. The number of benzene rings is 1. The lowest BCUT2D eigenvalue weighted by molar-refractivity contribution is -0.120. The summed E-state index contributed by atoms with van der Waals surface area (Å²) in [5.41, 5.74) is 6.44. The van der Waals surface area contributed by atoms with E-state index in [9.17, 15) is 4.79 Å². The number of thiol groups is 1. The summed E-state index contributed by atoms with van der Waals surface area (Å²) in [4.78, 5) is 11.6. The molecule has 1 atom stereocenters. The van der Waals surface area contributed by atoms with Crippen LogP contribution in [0.25, 0.3) is 0 Å². The van der Waals surface area contributed by atoms with E-state index < -0.39 is 0 Å². The van der Waals surface area contributed by atoms with Crippen LogP contribution in [0, 0.1) is 0 Å². The van der Waals surface area contributed by atoms with Crippen molar-refractivity contribution in [2.45, 2.75) is 12.6 Å². The SMILES string of the molecule is NC(CS)CNCC(=O)NCc1cccc(Cl)c1Cl. The molecule has 1 aromatic rings. The predicted molar refractivity (Wildman–Crippen MR) is 83.0 cm³/mol. The maximum Gasteiger partial charge on any atom is 0.234 e. The molecule has 1 rings (SSSR count). The number of rotatable bonds is 7. The number of carbonyl (C=O) groups excluding carboxylic acids is 1. The van der Waals surface area contributed by atoms with E-state index in [0.29, 0.717) is 28.9 Å². The van der Waals surface area contributed by atoms with Crippen molar-refractivity contribution in [3.8, 4) is 0 Å². The second-order valence-corrected chi connectivity index (χ2v) is 5.21. The molecule has 0 aliphatic rings. The van der Waals surface area contributed by atoms with Gasteiger partial charge in [-0.1, -0.05) is 35.3 Å². The van der Waals surface area contributed by atoms with Crippen molar-refractivity contribution in [3.05, 3.63) is 33.8 Å². The van der Waals surface area contributed by atoms with Crippen molar-refractivity contribution in [1.29, 1.82) is 0 Å². The highest BCUT2D eigenvalue weighted by atomic mass is 35.5. The minimum Gasteiger partial charge on any atom is -0.351 e. The molecule has 0 saturated heterocycles. The Morgan fingerprint density at radius 1 is 1.42 bits per heavy atom. The van der Waals surface area contributed by atoms with Crippen molar-refractivity contribution in [2.75, 3.05) is 18.8 Å². The zero-order chi connectivity index (χ0) is 14.3. The topological polar surface area (TPSA) is 67.1 Å². The van der Waals surface area contributed by atoms with E-state index in [1.807, 2.05) is 6.07 Å². The van der Waals surface area contributed by atoms with Crippen molar-refractivity contribution in [3.63, 3.8) is 0 Å². The second-order valence-electron chi connectivity index (χ2n) is 4.06. The number of carbonyl (C=O) groups is 1. The molecule has 0 radical (unpaired) electrons. The highest BCUT2D eigenvalue weighted by Crippen LogP contribution is 2.25. The molecule has 1 unspecified atom stereocenters. The minimum absolute atomic E-state index is 0.0569. The van der Waals surface area contributed by atoms with E-state index in [2.05, 4.69) is 23.3 Å². The Morgan fingerprint density at radius 3 is 2.84 bits per heavy atom. The largest absolute Gasteiger partial charge is 0.351 e. The third kappa shape index (κ3) is 6.01. The van der Waals surface area contributed by atoms with Gasteiger partial charge in [0.2, 0.25) is 5.91 Å². The number of nitrogens with two attached hydrogens (primary N) is 1. The highest BCUT2D eigenvalue weighted by molar-refractivity contribution is 7.80. The molecule has 4 N–H and O–H groups in total. The van der Waals surface area contributed by atoms with Crippen LogP contribution in [-0.2, 0) is 11.3 Å². The van der Waals surface area contributed by atoms with E-state index in [4.69, 9.17) is 28.9 Å². The van der Waals surface area contributed by atoms with Gasteiger partial charge in [0.25, 0.3) is 0 Å². The summed E-state index contributed by atoms with van der Waals surface area (Å²) in [5.74, 6) is 0.453. The van der Waals surface area contributed by atoms with Crippen molar-refractivity contribution >= 4 is 41.7 Å². The highest BCUT2D eigenvalue weighted by Gasteiger charge is 2.07. The van der Waals surface area contributed by atoms with Crippen LogP contribution in [0.15, 0.2) is 18.2 Å². The van der Waals surface area contributed by atoms with Gasteiger partial charge in [0.1, 0.15) is 0 Å². The van der Waals surface area contributed by atoms with Gasteiger partial charge in [0, 0.05) is 24.9 Å². The molecule has 0 heterocycles. The van der Waals surface area contributed by atoms with Crippen molar-refractivity contribution < 1.29 is 4.79 Å². The quantitative estimate of drug-likeness (QED) is 0.575. The number of amides is 1. The lowest BCUT2D eigenvalue weighted by Gasteiger charge is -2.11. The van der Waals surface area contributed by atoms with Gasteiger partial charge in [-0.15, -0.1) is 0 Å². The van der Waals surface area contributed by atoms with Gasteiger partial charge in [0.15, 0.2) is 0 Å². The van der Waals surface area contributed by atoms with Crippen LogP contribution in [0.1, 0.15) is 5.56 Å². The third-order valence-corrected chi connectivity index (χ3v) is 3.76. The average Bonchev–Trinajstić information content (AvgIpc) is 2.40. The summed E-state index contributed by atoms with van der Waals surface area (Å²) in [6, 6.07) is 5.26. The maximum absolute atomic E-state index is 11.6. The fraction of sp³-hybridized carbons (Fsp3) is 0.417. The fourth-order valence-corrected chi connectivity index (χ4v) is 1.89. The van der Waals surface area contributed by atoms with Gasteiger partial charge in [0.05, 0.1) is 16.6 Å². The summed E-state index contributed by atoms with van der Waals surface area (Å²) in [7, 11) is 0. The van der Waals surface area contributed by atoms with E-state index in [0.717, 1.165) is 5.56 Å². The van der Waals surface area contributed by atoms with E-state index >= 15 is 0 Å². The number of halogens is 2. The van der Waals surface area contributed by atoms with E-state index in [1.165, 1.54) is 0 Å². The Balaban J connectivity index is 2.32. The van der Waals surface area contributed by atoms with Gasteiger partial charge in [-0.25, -0.2) is 0 Å². The van der Waals surface area contributed by atoms with Crippen LogP contribution in [0.2, 0.25) is 10.0 Å². The normalized spacial score (nSPS) is 12.2. The zero-order valence-electron chi connectivity index (χ0n) is 10.3. The summed E-state index contributed by atoms with van der Waals surface area (Å²) < 4.78 is 0. The first kappa shape index (κ1) is 16.6. The van der Waals surface area contributed by atoms with Gasteiger partial charge in [-0.2, -0.15) is 12.6 Å². The van der Waals surface area contributed by atoms with Crippen LogP contribution in [0.5, 0.6) is 0 Å². The van der Waals surface area contributed by atoms with Gasteiger partial charge < -0.3 is 16.4 Å². The summed E-state index contributed by atoms with van der Waals surface area (Å²) >= 11 is 16.0. The molecule has 7 heteroatoms. The van der Waals surface area contributed by atoms with Crippen molar-refractivity contribution in [2.24, 2.45) is 5.73 Å². The monoisotopic (exact) mass is 321 g/mol. The zero-order valence-corrected chi connectivity index (χ0v) is 12.7. The predicted octanol–water partition coefficient (Wildman–Crippen LogP) is 1.46. The fourth-order valence-electron chi connectivity index (χ4n) is 1.38. The van der Waals surface area contributed by atoms with Crippen LogP contribution in [0.4, 0.5) is 0 Å². The van der Waals surface area contributed by atoms with Crippen LogP contribution in [-0.4, -0.2) is 30.8 Å². The smallest absolute Gasteiger partial charge is 0.234 e. The molecule has 106 valence electrons. The number of hydrogen-bond donors (Lipinski definition) is 4. The number of nitrogens with one attached hydrogen (secondary N) is 2. The Bertz CT molecular complexity index is 431. The lowest BCUT2D eigenvalue weighted by atomic mass is 10.2. The summed E-state index contributed by atoms with van der Waals surface area (Å²) in [6.45, 7) is 1.10. The Hall–Kier alpha value is -0.460. The average molecular weight is 322 g/mol. The maximum atomic E-state index is 11.6. The molecular weight excluding hydrogens is 305 g/mol. The first-order valence-electron chi connectivity index (χ1n) is 5.81. The minimum atomic E-state index is -0.123. The Kier molecular flexibility index (Phi) is 7.56. The van der Waals surface area contributed by atoms with Crippen LogP contribution >= 0.6 is 35.8 Å². The molecule has 0 bridgehead atoms. The molecule has 0 aliphatic carbocycles. The van der Waals surface area contributed by atoms with Crippen LogP contribution < -0.4 is 16.4 Å². The summed E-state index contributed by atoms with van der Waals surface area (Å²) in [6.07, 6.45) is 0. The standard InChI is InChI=1S/C12H17Cl2N3OS/c13-10-3-1-2-8(12(10)14)4-17-11(18)6-16-5-9(15)7-19/h1-3,9,16,19H,4-7,15H2,(H,17,18). The molecule has 1 amide bonds. The molecule has 0 aromatic heterocycles. The van der Waals surface area contributed by atoms with Crippen molar-refractivity contribution in [1.82, 2.24) is 10.6 Å². The third-order valence-electron chi connectivity index (χ3n) is 2.43. The van der Waals surface area contributed by atoms with Crippen LogP contribution in [0.3, 0.4) is 0 Å². The van der Waals surface area contributed by atoms with Gasteiger partial charge >= 0.3 is 0 Å². The molecule has 0 spiro atoms. The number of hydrogen-bond acceptors (Lipinski definition) is 4.